The van der Waals surface area contributed by atoms with E-state index < -0.39 is 5.92 Å². The number of rotatable bonds is 2. The molecule has 1 aliphatic heterocycles. The summed E-state index contributed by atoms with van der Waals surface area (Å²) in [6, 6.07) is 9.67. The largest absolute Gasteiger partial charge is 0.508 e. The third-order valence-electron chi connectivity index (χ3n) is 4.01. The molecule has 1 aromatic heterocycles. The Hall–Kier alpha value is -2.86. The van der Waals surface area contributed by atoms with E-state index in [9.17, 15) is 14.8 Å². The highest BCUT2D eigenvalue weighted by Gasteiger charge is 2.36. The van der Waals surface area contributed by atoms with Gasteiger partial charge in [-0.25, -0.2) is 0 Å². The normalized spacial score (nSPS) is 16.4. The maximum atomic E-state index is 12.4. The lowest BCUT2D eigenvalue weighted by Gasteiger charge is -2.07. The summed E-state index contributed by atoms with van der Waals surface area (Å²) >= 11 is 6.03. The Bertz CT molecular complexity index is 980. The molecular weight excluding hydrogens is 318 g/mol. The third kappa shape index (κ3) is 1.99. The van der Waals surface area contributed by atoms with Crippen molar-refractivity contribution in [3.8, 4) is 5.75 Å². The van der Waals surface area contributed by atoms with Gasteiger partial charge in [0.05, 0.1) is 5.69 Å². The molecule has 0 spiro atoms. The Kier molecular flexibility index (Phi) is 2.89. The Balaban J connectivity index is 1.98. The summed E-state index contributed by atoms with van der Waals surface area (Å²) in [5.74, 6) is -0.943. The Labute approximate surface area is 135 Å². The first-order valence-electron chi connectivity index (χ1n) is 6.86. The standard InChI is InChI=1S/C16H10ClN3O3/c17-7-1-3-11-9(5-7)13(16(22)19-11)15-14(20-23)10-6-8(21)2-4-12(10)18-15/h1-6,13,18,21H,(H,19,22). The summed E-state index contributed by atoms with van der Waals surface area (Å²) < 4.78 is 0. The van der Waals surface area contributed by atoms with Crippen molar-refractivity contribution >= 4 is 39.8 Å². The highest BCUT2D eigenvalue weighted by atomic mass is 35.5. The van der Waals surface area contributed by atoms with Crippen LogP contribution in [-0.2, 0) is 4.79 Å². The van der Waals surface area contributed by atoms with Crippen molar-refractivity contribution in [3.05, 3.63) is 57.6 Å². The lowest BCUT2D eigenvalue weighted by Crippen LogP contribution is -2.13. The molecule has 0 saturated heterocycles. The molecule has 6 nitrogen and oxygen atoms in total. The zero-order chi connectivity index (χ0) is 16.1. The molecule has 1 atom stereocenters. The highest BCUT2D eigenvalue weighted by Crippen LogP contribution is 2.44. The fraction of sp³-hybridized carbons (Fsp3) is 0.0625. The van der Waals surface area contributed by atoms with Gasteiger partial charge in [-0.05, 0) is 47.1 Å². The molecule has 0 bridgehead atoms. The number of aromatic amines is 1. The Morgan fingerprint density at radius 1 is 1.17 bits per heavy atom. The number of halogens is 1. The van der Waals surface area contributed by atoms with E-state index in [2.05, 4.69) is 15.5 Å². The second-order valence-corrected chi connectivity index (χ2v) is 5.80. The number of nitroso groups, excluding NO2 is 1. The van der Waals surface area contributed by atoms with Gasteiger partial charge in [0.25, 0.3) is 0 Å². The minimum atomic E-state index is -0.703. The van der Waals surface area contributed by atoms with Crippen LogP contribution in [0.1, 0.15) is 17.2 Å². The molecule has 2 heterocycles. The number of aromatic hydroxyl groups is 1. The minimum absolute atomic E-state index is 0.0206. The molecule has 0 aliphatic carbocycles. The molecule has 114 valence electrons. The van der Waals surface area contributed by atoms with Crippen molar-refractivity contribution in [1.82, 2.24) is 4.98 Å². The van der Waals surface area contributed by atoms with E-state index in [0.29, 0.717) is 32.9 Å². The van der Waals surface area contributed by atoms with Gasteiger partial charge < -0.3 is 15.4 Å². The molecule has 0 saturated carbocycles. The third-order valence-corrected chi connectivity index (χ3v) is 4.24. The van der Waals surface area contributed by atoms with E-state index in [1.54, 1.807) is 24.3 Å². The molecule has 1 aliphatic rings. The van der Waals surface area contributed by atoms with Gasteiger partial charge >= 0.3 is 0 Å². The van der Waals surface area contributed by atoms with Crippen LogP contribution >= 0.6 is 11.6 Å². The van der Waals surface area contributed by atoms with E-state index in [1.807, 2.05) is 0 Å². The summed E-state index contributed by atoms with van der Waals surface area (Å²) in [6.45, 7) is 0. The van der Waals surface area contributed by atoms with E-state index in [1.165, 1.54) is 12.1 Å². The van der Waals surface area contributed by atoms with Crippen LogP contribution in [0.25, 0.3) is 10.9 Å². The molecule has 1 unspecified atom stereocenters. The number of phenols is 1. The number of nitrogens with one attached hydrogen (secondary N) is 2. The highest BCUT2D eigenvalue weighted by molar-refractivity contribution is 6.31. The summed E-state index contributed by atoms with van der Waals surface area (Å²) in [6.07, 6.45) is 0. The maximum absolute atomic E-state index is 12.4. The lowest BCUT2D eigenvalue weighted by atomic mass is 9.96. The molecule has 3 aromatic rings. The number of carbonyl (C=O) groups excluding carboxylic acids is 1. The van der Waals surface area contributed by atoms with E-state index in [0.717, 1.165) is 0 Å². The Morgan fingerprint density at radius 3 is 2.78 bits per heavy atom. The van der Waals surface area contributed by atoms with Crippen LogP contribution in [0, 0.1) is 4.91 Å². The number of phenolic OH excluding ortho intramolecular Hbond substituents is 1. The number of benzene rings is 2. The molecule has 4 rings (SSSR count). The van der Waals surface area contributed by atoms with Crippen LogP contribution in [0.5, 0.6) is 5.75 Å². The number of hydrogen-bond donors (Lipinski definition) is 3. The van der Waals surface area contributed by atoms with Gasteiger partial charge in [0.15, 0.2) is 0 Å². The molecule has 7 heteroatoms. The smallest absolute Gasteiger partial charge is 0.238 e. The first-order chi connectivity index (χ1) is 11.1. The van der Waals surface area contributed by atoms with Gasteiger partial charge in [-0.3, -0.25) is 4.79 Å². The maximum Gasteiger partial charge on any atom is 0.238 e. The quantitative estimate of drug-likeness (QED) is 0.621. The molecule has 1 amide bonds. The summed E-state index contributed by atoms with van der Waals surface area (Å²) in [4.78, 5) is 26.8. The zero-order valence-electron chi connectivity index (χ0n) is 11.6. The van der Waals surface area contributed by atoms with Crippen molar-refractivity contribution in [1.29, 1.82) is 0 Å². The van der Waals surface area contributed by atoms with Crippen LogP contribution in [0.15, 0.2) is 41.6 Å². The SMILES string of the molecule is O=Nc1c(C2C(=O)Nc3ccc(Cl)cc32)[nH]c2ccc(O)cc12. The number of hydrogen-bond acceptors (Lipinski definition) is 4. The van der Waals surface area contributed by atoms with Crippen molar-refractivity contribution in [2.45, 2.75) is 5.92 Å². The number of amides is 1. The van der Waals surface area contributed by atoms with Gasteiger partial charge in [0.1, 0.15) is 17.4 Å². The van der Waals surface area contributed by atoms with E-state index >= 15 is 0 Å². The van der Waals surface area contributed by atoms with Gasteiger partial charge in [-0.1, -0.05) is 11.6 Å². The van der Waals surface area contributed by atoms with Crippen LogP contribution in [0.3, 0.4) is 0 Å². The monoisotopic (exact) mass is 327 g/mol. The van der Waals surface area contributed by atoms with Crippen molar-refractivity contribution in [2.75, 3.05) is 5.32 Å². The molecule has 0 radical (unpaired) electrons. The number of fused-ring (bicyclic) bond motifs is 2. The topological polar surface area (TPSA) is 94.5 Å². The lowest BCUT2D eigenvalue weighted by molar-refractivity contribution is -0.116. The van der Waals surface area contributed by atoms with Crippen molar-refractivity contribution in [3.63, 3.8) is 0 Å². The summed E-state index contributed by atoms with van der Waals surface area (Å²) in [5.41, 5.74) is 2.46. The number of H-pyrrole nitrogens is 1. The average Bonchev–Trinajstić information content (AvgIpc) is 3.02. The number of aromatic nitrogens is 1. The molecular formula is C16H10ClN3O3. The minimum Gasteiger partial charge on any atom is -0.508 e. The number of nitrogens with zero attached hydrogens (tertiary/aromatic N) is 1. The average molecular weight is 328 g/mol. The number of anilines is 1. The van der Waals surface area contributed by atoms with E-state index in [4.69, 9.17) is 11.6 Å². The molecule has 2 aromatic carbocycles. The predicted octanol–water partition coefficient (Wildman–Crippen LogP) is 4.01. The molecule has 23 heavy (non-hydrogen) atoms. The van der Waals surface area contributed by atoms with Crippen molar-refractivity contribution in [2.24, 2.45) is 5.18 Å². The molecule has 0 fully saturated rings. The van der Waals surface area contributed by atoms with Gasteiger partial charge in [-0.2, -0.15) is 0 Å². The van der Waals surface area contributed by atoms with E-state index in [-0.39, 0.29) is 17.3 Å². The summed E-state index contributed by atoms with van der Waals surface area (Å²) in [7, 11) is 0. The second kappa shape index (κ2) is 4.82. The van der Waals surface area contributed by atoms with Crippen LogP contribution < -0.4 is 5.32 Å². The van der Waals surface area contributed by atoms with Crippen molar-refractivity contribution < 1.29 is 9.90 Å². The fourth-order valence-electron chi connectivity index (χ4n) is 3.01. The second-order valence-electron chi connectivity index (χ2n) is 5.36. The first-order valence-corrected chi connectivity index (χ1v) is 7.24. The van der Waals surface area contributed by atoms with Gasteiger partial charge in [0.2, 0.25) is 5.91 Å². The van der Waals surface area contributed by atoms with Crippen LogP contribution in [0.2, 0.25) is 5.02 Å². The fourth-order valence-corrected chi connectivity index (χ4v) is 3.19. The molecule has 3 N–H and O–H groups in total. The first kappa shape index (κ1) is 13.8. The van der Waals surface area contributed by atoms with Gasteiger partial charge in [-0.15, -0.1) is 4.91 Å². The number of carbonyl (C=O) groups is 1. The zero-order valence-corrected chi connectivity index (χ0v) is 12.4. The van der Waals surface area contributed by atoms with Crippen LogP contribution in [-0.4, -0.2) is 16.0 Å². The predicted molar refractivity (Wildman–Crippen MR) is 87.3 cm³/mol. The Morgan fingerprint density at radius 2 is 2.00 bits per heavy atom. The van der Waals surface area contributed by atoms with Crippen LogP contribution in [0.4, 0.5) is 11.4 Å². The van der Waals surface area contributed by atoms with Gasteiger partial charge in [0, 0.05) is 21.6 Å². The summed E-state index contributed by atoms with van der Waals surface area (Å²) in [5, 5.41) is 16.4.